The summed E-state index contributed by atoms with van der Waals surface area (Å²) in [5.74, 6) is 0. The van der Waals surface area contributed by atoms with E-state index in [1.54, 1.807) is 0 Å². The summed E-state index contributed by atoms with van der Waals surface area (Å²) in [5.41, 5.74) is -1.15. The third-order valence-electron chi connectivity index (χ3n) is 1.13. The summed E-state index contributed by atoms with van der Waals surface area (Å²) < 4.78 is 80.5. The zero-order chi connectivity index (χ0) is 11.1. The standard InChI is InChI=1S/C4H4F7NO/c5-1(3(6,7)8)2(12,13)4(9,10)11/h1,13H,12H2. The Balaban J connectivity index is 4.86. The average molecular weight is 215 g/mol. The summed E-state index contributed by atoms with van der Waals surface area (Å²) in [6.07, 6.45) is -16.3. The van der Waals surface area contributed by atoms with Crippen LogP contribution >= 0.6 is 0 Å². The number of aliphatic hydroxyl groups is 1. The summed E-state index contributed by atoms with van der Waals surface area (Å²) in [7, 11) is 0. The largest absolute Gasteiger partial charge is 0.434 e. The lowest BCUT2D eigenvalue weighted by molar-refractivity contribution is -0.324. The Morgan fingerprint density at radius 3 is 1.38 bits per heavy atom. The monoisotopic (exact) mass is 215 g/mol. The molecule has 0 aliphatic rings. The lowest BCUT2D eigenvalue weighted by Gasteiger charge is -2.29. The summed E-state index contributed by atoms with van der Waals surface area (Å²) >= 11 is 0. The van der Waals surface area contributed by atoms with Gasteiger partial charge in [0.25, 0.3) is 5.72 Å². The number of nitrogens with two attached hydrogens (primary N) is 1. The number of halogens is 7. The zero-order valence-corrected chi connectivity index (χ0v) is 5.75. The van der Waals surface area contributed by atoms with E-state index in [0.717, 1.165) is 0 Å². The van der Waals surface area contributed by atoms with Gasteiger partial charge in [-0.3, -0.25) is 5.73 Å². The quantitative estimate of drug-likeness (QED) is 0.508. The first-order valence-electron chi connectivity index (χ1n) is 2.69. The van der Waals surface area contributed by atoms with Crippen molar-refractivity contribution in [1.82, 2.24) is 0 Å². The zero-order valence-electron chi connectivity index (χ0n) is 5.75. The van der Waals surface area contributed by atoms with Crippen molar-refractivity contribution in [1.29, 1.82) is 0 Å². The van der Waals surface area contributed by atoms with Crippen molar-refractivity contribution in [2.75, 3.05) is 0 Å². The molecule has 80 valence electrons. The van der Waals surface area contributed by atoms with Crippen LogP contribution < -0.4 is 5.73 Å². The highest BCUT2D eigenvalue weighted by atomic mass is 19.4. The molecule has 0 heterocycles. The highest BCUT2D eigenvalue weighted by molar-refractivity contribution is 4.91. The molecule has 0 fully saturated rings. The number of hydrogen-bond donors (Lipinski definition) is 2. The SMILES string of the molecule is NC(O)(C(F)C(F)(F)F)C(F)(F)F. The molecule has 3 N–H and O–H groups in total. The second-order valence-electron chi connectivity index (χ2n) is 2.23. The minimum Gasteiger partial charge on any atom is -0.365 e. The van der Waals surface area contributed by atoms with Gasteiger partial charge in [-0.1, -0.05) is 0 Å². The van der Waals surface area contributed by atoms with Crippen LogP contribution in [0.5, 0.6) is 0 Å². The molecule has 9 heteroatoms. The van der Waals surface area contributed by atoms with Gasteiger partial charge in [-0.25, -0.2) is 4.39 Å². The molecule has 13 heavy (non-hydrogen) atoms. The average Bonchev–Trinajstić information content (AvgIpc) is 1.81. The Labute approximate surface area is 67.1 Å². The Morgan fingerprint density at radius 2 is 1.31 bits per heavy atom. The van der Waals surface area contributed by atoms with Crippen LogP contribution in [0.1, 0.15) is 0 Å². The van der Waals surface area contributed by atoms with Crippen LogP contribution in [0.25, 0.3) is 0 Å². The molecule has 0 aliphatic carbocycles. The highest BCUT2D eigenvalue weighted by Crippen LogP contribution is 2.37. The van der Waals surface area contributed by atoms with Gasteiger partial charge >= 0.3 is 12.4 Å². The van der Waals surface area contributed by atoms with Gasteiger partial charge < -0.3 is 5.11 Å². The summed E-state index contributed by atoms with van der Waals surface area (Å²) in [6.45, 7) is 0. The van der Waals surface area contributed by atoms with Crippen LogP contribution in [0.15, 0.2) is 0 Å². The van der Waals surface area contributed by atoms with Gasteiger partial charge in [-0.05, 0) is 0 Å². The van der Waals surface area contributed by atoms with Crippen molar-refractivity contribution in [3.05, 3.63) is 0 Å². The van der Waals surface area contributed by atoms with E-state index in [9.17, 15) is 30.7 Å². The van der Waals surface area contributed by atoms with Crippen molar-refractivity contribution in [3.8, 4) is 0 Å². The fraction of sp³-hybridized carbons (Fsp3) is 1.00. The first-order chi connectivity index (χ1) is 5.40. The molecule has 0 aromatic carbocycles. The van der Waals surface area contributed by atoms with E-state index in [1.165, 1.54) is 0 Å². The van der Waals surface area contributed by atoms with Gasteiger partial charge in [0.05, 0.1) is 0 Å². The van der Waals surface area contributed by atoms with Crippen molar-refractivity contribution >= 4 is 0 Å². The molecule has 0 aliphatic heterocycles. The van der Waals surface area contributed by atoms with Gasteiger partial charge in [0, 0.05) is 0 Å². The lowest BCUT2D eigenvalue weighted by atomic mass is 10.1. The van der Waals surface area contributed by atoms with Gasteiger partial charge in [-0.2, -0.15) is 26.3 Å². The molecule has 0 aromatic heterocycles. The van der Waals surface area contributed by atoms with Gasteiger partial charge in [0.15, 0.2) is 0 Å². The van der Waals surface area contributed by atoms with E-state index in [4.69, 9.17) is 5.11 Å². The van der Waals surface area contributed by atoms with Crippen molar-refractivity contribution < 1.29 is 35.8 Å². The van der Waals surface area contributed by atoms with Crippen molar-refractivity contribution in [2.45, 2.75) is 24.2 Å². The van der Waals surface area contributed by atoms with E-state index in [1.807, 2.05) is 0 Å². The highest BCUT2D eigenvalue weighted by Gasteiger charge is 2.65. The van der Waals surface area contributed by atoms with Gasteiger partial charge in [0.2, 0.25) is 6.17 Å². The van der Waals surface area contributed by atoms with E-state index in [-0.39, 0.29) is 0 Å². The van der Waals surface area contributed by atoms with Crippen LogP contribution in [-0.2, 0) is 0 Å². The molecule has 0 saturated heterocycles. The first kappa shape index (κ1) is 12.4. The van der Waals surface area contributed by atoms with Gasteiger partial charge in [-0.15, -0.1) is 0 Å². The number of alkyl halides is 7. The molecule has 0 saturated carbocycles. The maximum absolute atomic E-state index is 12.0. The van der Waals surface area contributed by atoms with Crippen LogP contribution in [-0.4, -0.2) is 29.4 Å². The Bertz CT molecular complexity index is 182. The molecule has 0 amide bonds. The minimum absolute atomic E-state index is 3.76. The third-order valence-corrected chi connectivity index (χ3v) is 1.13. The van der Waals surface area contributed by atoms with Crippen LogP contribution in [0.3, 0.4) is 0 Å². The predicted octanol–water partition coefficient (Wildman–Crippen LogP) is 1.10. The topological polar surface area (TPSA) is 46.2 Å². The molecule has 0 rings (SSSR count). The maximum Gasteiger partial charge on any atom is 0.434 e. The lowest BCUT2D eigenvalue weighted by Crippen LogP contribution is -2.64. The van der Waals surface area contributed by atoms with E-state index in [0.29, 0.717) is 0 Å². The van der Waals surface area contributed by atoms with Crippen molar-refractivity contribution in [3.63, 3.8) is 0 Å². The molecule has 0 aromatic rings. The van der Waals surface area contributed by atoms with Crippen LogP contribution in [0, 0.1) is 0 Å². The maximum atomic E-state index is 12.0. The Hall–Kier alpha value is -0.570. The summed E-state index contributed by atoms with van der Waals surface area (Å²) in [6, 6.07) is 0. The number of rotatable bonds is 1. The van der Waals surface area contributed by atoms with E-state index in [2.05, 4.69) is 5.73 Å². The molecule has 0 spiro atoms. The normalized spacial score (nSPS) is 21.0. The summed E-state index contributed by atoms with van der Waals surface area (Å²) in [4.78, 5) is 0. The minimum atomic E-state index is -5.89. The molecule has 2 unspecified atom stereocenters. The first-order valence-corrected chi connectivity index (χ1v) is 2.69. The fourth-order valence-electron chi connectivity index (χ4n) is 0.393. The predicted molar refractivity (Wildman–Crippen MR) is 26.1 cm³/mol. The third kappa shape index (κ3) is 2.44. The van der Waals surface area contributed by atoms with Crippen LogP contribution in [0.4, 0.5) is 30.7 Å². The molecular weight excluding hydrogens is 211 g/mol. The van der Waals surface area contributed by atoms with Crippen molar-refractivity contribution in [2.24, 2.45) is 5.73 Å². The number of hydrogen-bond acceptors (Lipinski definition) is 2. The molecule has 0 radical (unpaired) electrons. The Morgan fingerprint density at radius 1 is 1.00 bits per heavy atom. The molecule has 2 nitrogen and oxygen atoms in total. The Kier molecular flexibility index (Phi) is 2.85. The summed E-state index contributed by atoms with van der Waals surface area (Å²) in [5, 5.41) is 8.01. The van der Waals surface area contributed by atoms with Gasteiger partial charge in [0.1, 0.15) is 0 Å². The van der Waals surface area contributed by atoms with E-state index < -0.39 is 24.2 Å². The second kappa shape index (κ2) is 2.98. The molecule has 2 atom stereocenters. The molecular formula is C4H4F7NO. The molecule has 0 bridgehead atoms. The van der Waals surface area contributed by atoms with E-state index >= 15 is 0 Å². The smallest absolute Gasteiger partial charge is 0.365 e. The van der Waals surface area contributed by atoms with Crippen LogP contribution in [0.2, 0.25) is 0 Å². The second-order valence-corrected chi connectivity index (χ2v) is 2.23. The fourth-order valence-corrected chi connectivity index (χ4v) is 0.393.